The Bertz CT molecular complexity index is 506. The van der Waals surface area contributed by atoms with Crippen LogP contribution in [0.2, 0.25) is 0 Å². The monoisotopic (exact) mass is 288 g/mol. The predicted octanol–water partition coefficient (Wildman–Crippen LogP) is -1.19. The smallest absolute Gasteiger partial charge is 0.320 e. The van der Waals surface area contributed by atoms with E-state index in [0.717, 1.165) is 5.56 Å². The van der Waals surface area contributed by atoms with Crippen molar-refractivity contribution in [1.29, 1.82) is 0 Å². The average molecular weight is 288 g/mol. The van der Waals surface area contributed by atoms with Gasteiger partial charge < -0.3 is 10.8 Å². The molecule has 19 heavy (non-hydrogen) atoms. The van der Waals surface area contributed by atoms with E-state index >= 15 is 0 Å². The Labute approximate surface area is 111 Å². The molecule has 1 unspecified atom stereocenters. The summed E-state index contributed by atoms with van der Waals surface area (Å²) < 4.78 is 27.6. The molecule has 0 aliphatic heterocycles. The van der Waals surface area contributed by atoms with Gasteiger partial charge in [0.25, 0.3) is 10.2 Å². The number of rotatable bonds is 8. The first kappa shape index (κ1) is 15.5. The van der Waals surface area contributed by atoms with Crippen LogP contribution in [0.5, 0.6) is 0 Å². The van der Waals surface area contributed by atoms with Crippen molar-refractivity contribution in [2.75, 3.05) is 6.54 Å². The lowest BCUT2D eigenvalue weighted by atomic mass is 10.2. The van der Waals surface area contributed by atoms with E-state index in [2.05, 4.69) is 14.4 Å². The first-order valence-corrected chi connectivity index (χ1v) is 7.00. The number of aromatic nitrogens is 1. The minimum atomic E-state index is -3.68. The average Bonchev–Trinajstić information content (AvgIpc) is 2.37. The third kappa shape index (κ3) is 6.25. The molecule has 9 heteroatoms. The van der Waals surface area contributed by atoms with Gasteiger partial charge in [-0.15, -0.1) is 0 Å². The lowest BCUT2D eigenvalue weighted by Gasteiger charge is -2.09. The molecule has 8 nitrogen and oxygen atoms in total. The van der Waals surface area contributed by atoms with Crippen LogP contribution in [-0.4, -0.2) is 37.1 Å². The van der Waals surface area contributed by atoms with Gasteiger partial charge in [-0.2, -0.15) is 13.1 Å². The second-order valence-corrected chi connectivity index (χ2v) is 5.40. The molecule has 0 fully saturated rings. The Morgan fingerprint density at radius 3 is 2.79 bits per heavy atom. The van der Waals surface area contributed by atoms with Crippen LogP contribution in [0.1, 0.15) is 12.0 Å². The molecular formula is C10H16N4O4S. The summed E-state index contributed by atoms with van der Waals surface area (Å²) in [6.45, 7) is 0.0595. The van der Waals surface area contributed by atoms with Crippen molar-refractivity contribution < 1.29 is 18.3 Å². The number of nitrogens with zero attached hydrogens (tertiary/aromatic N) is 1. The Morgan fingerprint density at radius 2 is 2.21 bits per heavy atom. The molecule has 0 spiro atoms. The lowest BCUT2D eigenvalue weighted by Crippen LogP contribution is -2.40. The molecule has 0 aliphatic carbocycles. The van der Waals surface area contributed by atoms with Crippen molar-refractivity contribution >= 4 is 16.2 Å². The topological polar surface area (TPSA) is 134 Å². The van der Waals surface area contributed by atoms with E-state index in [1.165, 1.54) is 0 Å². The summed E-state index contributed by atoms with van der Waals surface area (Å²) in [5.41, 5.74) is 5.97. The van der Waals surface area contributed by atoms with Crippen LogP contribution in [0.3, 0.4) is 0 Å². The number of hydrogen-bond donors (Lipinski definition) is 4. The second kappa shape index (κ2) is 7.14. The van der Waals surface area contributed by atoms with Gasteiger partial charge in [0.05, 0.1) is 0 Å². The maximum absolute atomic E-state index is 11.5. The van der Waals surface area contributed by atoms with Crippen molar-refractivity contribution in [3.63, 3.8) is 0 Å². The molecule has 1 aromatic rings. The summed E-state index contributed by atoms with van der Waals surface area (Å²) in [4.78, 5) is 14.3. The van der Waals surface area contributed by atoms with Gasteiger partial charge >= 0.3 is 5.97 Å². The molecule has 0 bridgehead atoms. The molecule has 0 saturated carbocycles. The number of carbonyl (C=O) groups is 1. The lowest BCUT2D eigenvalue weighted by molar-refractivity contribution is -0.138. The normalized spacial score (nSPS) is 13.1. The van der Waals surface area contributed by atoms with Gasteiger partial charge in [0.1, 0.15) is 6.04 Å². The Hall–Kier alpha value is -1.55. The molecule has 1 rings (SSSR count). The quantitative estimate of drug-likeness (QED) is 0.475. The van der Waals surface area contributed by atoms with Crippen LogP contribution < -0.4 is 15.2 Å². The molecule has 1 heterocycles. The minimum Gasteiger partial charge on any atom is -0.480 e. The summed E-state index contributed by atoms with van der Waals surface area (Å²) in [6.07, 6.45) is 3.15. The number of aliphatic carboxylic acids is 1. The number of pyridine rings is 1. The third-order valence-electron chi connectivity index (χ3n) is 2.25. The zero-order valence-electron chi connectivity index (χ0n) is 10.1. The van der Waals surface area contributed by atoms with E-state index in [9.17, 15) is 13.2 Å². The highest BCUT2D eigenvalue weighted by molar-refractivity contribution is 7.87. The van der Waals surface area contributed by atoms with E-state index in [4.69, 9.17) is 10.8 Å². The molecule has 0 amide bonds. The van der Waals surface area contributed by atoms with Crippen molar-refractivity contribution in [1.82, 2.24) is 14.4 Å². The maximum atomic E-state index is 11.5. The van der Waals surface area contributed by atoms with E-state index in [1.807, 2.05) is 0 Å². The highest BCUT2D eigenvalue weighted by Crippen LogP contribution is 1.95. The first-order chi connectivity index (χ1) is 8.91. The van der Waals surface area contributed by atoms with Crippen LogP contribution in [0.25, 0.3) is 0 Å². The fourth-order valence-electron chi connectivity index (χ4n) is 1.20. The Morgan fingerprint density at radius 1 is 1.47 bits per heavy atom. The van der Waals surface area contributed by atoms with Crippen molar-refractivity contribution in [3.05, 3.63) is 30.1 Å². The molecule has 1 aromatic heterocycles. The molecule has 0 aromatic carbocycles. The predicted molar refractivity (Wildman–Crippen MR) is 68.2 cm³/mol. The van der Waals surface area contributed by atoms with Gasteiger partial charge in [0.15, 0.2) is 0 Å². The fraction of sp³-hybridized carbons (Fsp3) is 0.400. The van der Waals surface area contributed by atoms with Gasteiger partial charge in [0, 0.05) is 25.5 Å². The number of nitrogens with one attached hydrogen (secondary N) is 2. The first-order valence-electron chi connectivity index (χ1n) is 5.52. The summed E-state index contributed by atoms with van der Waals surface area (Å²) in [5, 5.41) is 8.54. The Kier molecular flexibility index (Phi) is 5.83. The number of carboxylic acids is 1. The fourth-order valence-corrected chi connectivity index (χ4v) is 2.05. The van der Waals surface area contributed by atoms with Crippen LogP contribution in [0.4, 0.5) is 0 Å². The van der Waals surface area contributed by atoms with Crippen LogP contribution in [-0.2, 0) is 21.5 Å². The Balaban J connectivity index is 2.34. The zero-order valence-corrected chi connectivity index (χ0v) is 10.9. The standard InChI is InChI=1S/C10H16N4O4S/c11-9(10(15)16)3-5-13-19(17,18)14-7-8-2-1-4-12-6-8/h1-2,4,6,9,13-14H,3,5,7,11H2,(H,15,16). The third-order valence-corrected chi connectivity index (χ3v) is 3.36. The van der Waals surface area contributed by atoms with E-state index in [-0.39, 0.29) is 19.5 Å². The molecule has 0 aliphatic rings. The maximum Gasteiger partial charge on any atom is 0.320 e. The zero-order chi connectivity index (χ0) is 14.3. The summed E-state index contributed by atoms with van der Waals surface area (Å²) in [6, 6.07) is 2.35. The van der Waals surface area contributed by atoms with Crippen LogP contribution >= 0.6 is 0 Å². The number of hydrogen-bond acceptors (Lipinski definition) is 5. The van der Waals surface area contributed by atoms with Gasteiger partial charge in [-0.25, -0.2) is 4.72 Å². The number of nitrogens with two attached hydrogens (primary N) is 1. The molecule has 0 radical (unpaired) electrons. The van der Waals surface area contributed by atoms with E-state index in [0.29, 0.717) is 0 Å². The highest BCUT2D eigenvalue weighted by atomic mass is 32.2. The second-order valence-electron chi connectivity index (χ2n) is 3.81. The summed E-state index contributed by atoms with van der Waals surface area (Å²) >= 11 is 0. The SMILES string of the molecule is NC(CCNS(=O)(=O)NCc1cccnc1)C(=O)O. The number of carboxylic acid groups (broad SMARTS) is 1. The molecule has 1 atom stereocenters. The van der Waals surface area contributed by atoms with Gasteiger partial charge in [-0.3, -0.25) is 9.78 Å². The molecule has 5 N–H and O–H groups in total. The van der Waals surface area contributed by atoms with Crippen molar-refractivity contribution in [2.24, 2.45) is 5.73 Å². The van der Waals surface area contributed by atoms with Crippen molar-refractivity contribution in [3.8, 4) is 0 Å². The van der Waals surface area contributed by atoms with Gasteiger partial charge in [-0.05, 0) is 18.1 Å². The molecule has 0 saturated heterocycles. The van der Waals surface area contributed by atoms with Gasteiger partial charge in [0.2, 0.25) is 0 Å². The summed E-state index contributed by atoms with van der Waals surface area (Å²) in [7, 11) is -3.68. The highest BCUT2D eigenvalue weighted by Gasteiger charge is 2.13. The van der Waals surface area contributed by atoms with E-state index in [1.54, 1.807) is 24.5 Å². The van der Waals surface area contributed by atoms with Crippen molar-refractivity contribution in [2.45, 2.75) is 19.0 Å². The minimum absolute atomic E-state index is 0.0170. The van der Waals surface area contributed by atoms with Crippen LogP contribution in [0.15, 0.2) is 24.5 Å². The largest absolute Gasteiger partial charge is 0.480 e. The van der Waals surface area contributed by atoms with Crippen LogP contribution in [0, 0.1) is 0 Å². The van der Waals surface area contributed by atoms with Gasteiger partial charge in [-0.1, -0.05) is 6.07 Å². The molecular weight excluding hydrogens is 272 g/mol. The summed E-state index contributed by atoms with van der Waals surface area (Å²) in [5.74, 6) is -1.16. The van der Waals surface area contributed by atoms with E-state index < -0.39 is 22.2 Å². The molecule has 106 valence electrons.